The van der Waals surface area contributed by atoms with Crippen LogP contribution in [0.15, 0.2) is 0 Å². The first-order chi connectivity index (χ1) is 4.97. The van der Waals surface area contributed by atoms with Gasteiger partial charge in [0.15, 0.2) is 0 Å². The minimum Gasteiger partial charge on any atom is -0.263 e. The van der Waals surface area contributed by atoms with Gasteiger partial charge in [-0.25, -0.2) is 0 Å². The van der Waals surface area contributed by atoms with Crippen molar-refractivity contribution in [2.75, 3.05) is 6.26 Å². The second kappa shape index (κ2) is 2.47. The summed E-state index contributed by atoms with van der Waals surface area (Å²) in [4.78, 5) is 0. The Labute approximate surface area is 65.9 Å². The van der Waals surface area contributed by atoms with Crippen molar-refractivity contribution in [1.29, 1.82) is 5.26 Å². The molecule has 0 aromatic rings. The quantitative estimate of drug-likeness (QED) is 0.582. The van der Waals surface area contributed by atoms with E-state index in [0.717, 1.165) is 6.26 Å². The highest BCUT2D eigenvalue weighted by molar-refractivity contribution is 7.86. The molecule has 0 aromatic carbocycles. The second-order valence-corrected chi connectivity index (χ2v) is 4.38. The van der Waals surface area contributed by atoms with Gasteiger partial charge in [0, 0.05) is 0 Å². The Kier molecular flexibility index (Phi) is 1.90. The molecule has 1 aliphatic rings. The van der Waals surface area contributed by atoms with E-state index in [1.807, 2.05) is 6.07 Å². The predicted octanol–water partition coefficient (Wildman–Crippen LogP) is 0.409. The normalized spacial score (nSPS) is 20.7. The second-order valence-electron chi connectivity index (χ2n) is 2.81. The molecule has 0 radical (unpaired) electrons. The van der Waals surface area contributed by atoms with Crippen LogP contribution in [0.2, 0.25) is 0 Å². The van der Waals surface area contributed by atoms with E-state index in [9.17, 15) is 8.42 Å². The molecule has 62 valence electrons. The standard InChI is InChI=1S/C6H9NO3S/c1-11(8,9)10-6(2-3-6)4-5-7/h2-4H2,1H3. The number of hydrogen-bond donors (Lipinski definition) is 0. The van der Waals surface area contributed by atoms with E-state index in [0.29, 0.717) is 12.8 Å². The maximum absolute atomic E-state index is 10.6. The van der Waals surface area contributed by atoms with E-state index in [4.69, 9.17) is 9.44 Å². The van der Waals surface area contributed by atoms with E-state index < -0.39 is 15.7 Å². The highest BCUT2D eigenvalue weighted by Gasteiger charge is 2.46. The third-order valence-electron chi connectivity index (χ3n) is 1.54. The number of rotatable bonds is 3. The van der Waals surface area contributed by atoms with Gasteiger partial charge in [0.05, 0.1) is 18.7 Å². The maximum atomic E-state index is 10.6. The molecule has 11 heavy (non-hydrogen) atoms. The molecule has 1 aliphatic carbocycles. The highest BCUT2D eigenvalue weighted by Crippen LogP contribution is 2.43. The lowest BCUT2D eigenvalue weighted by atomic mass is 10.3. The fraction of sp³-hybridized carbons (Fsp3) is 0.833. The average molecular weight is 175 g/mol. The minimum absolute atomic E-state index is 0.167. The third-order valence-corrected chi connectivity index (χ3v) is 2.19. The molecule has 0 unspecified atom stereocenters. The molecule has 0 heterocycles. The highest BCUT2D eigenvalue weighted by atomic mass is 32.2. The minimum atomic E-state index is -3.39. The lowest BCUT2D eigenvalue weighted by molar-refractivity contribution is 0.195. The Morgan fingerprint density at radius 1 is 1.64 bits per heavy atom. The van der Waals surface area contributed by atoms with Crippen LogP contribution < -0.4 is 0 Å². The molecular formula is C6H9NO3S. The molecule has 0 amide bonds. The van der Waals surface area contributed by atoms with E-state index >= 15 is 0 Å². The number of nitriles is 1. The van der Waals surface area contributed by atoms with Crippen molar-refractivity contribution in [2.45, 2.75) is 24.9 Å². The van der Waals surface area contributed by atoms with E-state index in [1.54, 1.807) is 0 Å². The van der Waals surface area contributed by atoms with Crippen LogP contribution in [0, 0.1) is 11.3 Å². The summed E-state index contributed by atoms with van der Waals surface area (Å²) < 4.78 is 26.0. The van der Waals surface area contributed by atoms with Gasteiger partial charge in [-0.3, -0.25) is 4.18 Å². The van der Waals surface area contributed by atoms with E-state index in [-0.39, 0.29) is 6.42 Å². The summed E-state index contributed by atoms with van der Waals surface area (Å²) in [6, 6.07) is 1.90. The van der Waals surface area contributed by atoms with Crippen molar-refractivity contribution in [3.63, 3.8) is 0 Å². The van der Waals surface area contributed by atoms with Crippen molar-refractivity contribution in [1.82, 2.24) is 0 Å². The first kappa shape index (κ1) is 8.50. The molecule has 0 spiro atoms. The Balaban J connectivity index is 2.57. The predicted molar refractivity (Wildman–Crippen MR) is 38.1 cm³/mol. The first-order valence-electron chi connectivity index (χ1n) is 3.25. The molecule has 1 rings (SSSR count). The fourth-order valence-corrected chi connectivity index (χ4v) is 1.76. The van der Waals surface area contributed by atoms with Crippen LogP contribution in [0.3, 0.4) is 0 Å². The van der Waals surface area contributed by atoms with Gasteiger partial charge >= 0.3 is 0 Å². The van der Waals surface area contributed by atoms with Gasteiger partial charge in [0.1, 0.15) is 5.60 Å². The molecule has 0 aliphatic heterocycles. The lowest BCUT2D eigenvalue weighted by Crippen LogP contribution is -2.17. The van der Waals surface area contributed by atoms with Gasteiger partial charge in [0.25, 0.3) is 10.1 Å². The molecule has 0 aromatic heterocycles. The van der Waals surface area contributed by atoms with Gasteiger partial charge in [-0.2, -0.15) is 13.7 Å². The Morgan fingerprint density at radius 2 is 2.18 bits per heavy atom. The molecule has 4 nitrogen and oxygen atoms in total. The number of hydrogen-bond acceptors (Lipinski definition) is 4. The molecule has 0 N–H and O–H groups in total. The maximum Gasteiger partial charge on any atom is 0.264 e. The Morgan fingerprint density at radius 3 is 2.45 bits per heavy atom. The first-order valence-corrected chi connectivity index (χ1v) is 5.07. The zero-order chi connectivity index (χ0) is 8.54. The summed E-state index contributed by atoms with van der Waals surface area (Å²) in [7, 11) is -3.39. The molecule has 1 saturated carbocycles. The summed E-state index contributed by atoms with van der Waals surface area (Å²) >= 11 is 0. The van der Waals surface area contributed by atoms with Gasteiger partial charge < -0.3 is 0 Å². The van der Waals surface area contributed by atoms with Gasteiger partial charge in [-0.1, -0.05) is 0 Å². The van der Waals surface area contributed by atoms with E-state index in [2.05, 4.69) is 0 Å². The van der Waals surface area contributed by atoms with E-state index in [1.165, 1.54) is 0 Å². The van der Waals surface area contributed by atoms with Crippen molar-refractivity contribution >= 4 is 10.1 Å². The summed E-state index contributed by atoms with van der Waals surface area (Å²) in [5.41, 5.74) is -0.664. The molecule has 0 saturated heterocycles. The summed E-state index contributed by atoms with van der Waals surface area (Å²) in [5.74, 6) is 0. The fourth-order valence-electron chi connectivity index (χ4n) is 0.894. The summed E-state index contributed by atoms with van der Waals surface area (Å²) in [6.45, 7) is 0. The largest absolute Gasteiger partial charge is 0.264 e. The molecule has 0 bridgehead atoms. The van der Waals surface area contributed by atoms with Crippen LogP contribution in [-0.2, 0) is 14.3 Å². The van der Waals surface area contributed by atoms with Crippen molar-refractivity contribution < 1.29 is 12.6 Å². The van der Waals surface area contributed by atoms with Crippen LogP contribution in [0.5, 0.6) is 0 Å². The van der Waals surface area contributed by atoms with Crippen LogP contribution in [0.4, 0.5) is 0 Å². The van der Waals surface area contributed by atoms with Crippen molar-refractivity contribution in [2.24, 2.45) is 0 Å². The zero-order valence-corrected chi connectivity index (χ0v) is 7.02. The lowest BCUT2D eigenvalue weighted by Gasteiger charge is -2.08. The smallest absolute Gasteiger partial charge is 0.263 e. The average Bonchev–Trinajstić information content (AvgIpc) is 2.44. The summed E-state index contributed by atoms with van der Waals surface area (Å²) in [5, 5.41) is 8.31. The van der Waals surface area contributed by atoms with Crippen molar-refractivity contribution in [3.8, 4) is 6.07 Å². The van der Waals surface area contributed by atoms with Gasteiger partial charge in [-0.15, -0.1) is 0 Å². The van der Waals surface area contributed by atoms with Crippen LogP contribution in [0.1, 0.15) is 19.3 Å². The Bertz CT molecular complexity index is 283. The molecule has 0 atom stereocenters. The van der Waals surface area contributed by atoms with Crippen molar-refractivity contribution in [3.05, 3.63) is 0 Å². The monoisotopic (exact) mass is 175 g/mol. The summed E-state index contributed by atoms with van der Waals surface area (Å²) in [6.07, 6.45) is 2.52. The molecule has 5 heteroatoms. The van der Waals surface area contributed by atoms with Gasteiger partial charge in [0.2, 0.25) is 0 Å². The number of nitrogens with zero attached hydrogens (tertiary/aromatic N) is 1. The van der Waals surface area contributed by atoms with Crippen LogP contribution >= 0.6 is 0 Å². The SMILES string of the molecule is CS(=O)(=O)OC1(CC#N)CC1. The van der Waals surface area contributed by atoms with Crippen LogP contribution in [0.25, 0.3) is 0 Å². The molecular weight excluding hydrogens is 166 g/mol. The van der Waals surface area contributed by atoms with Crippen LogP contribution in [-0.4, -0.2) is 20.3 Å². The van der Waals surface area contributed by atoms with Gasteiger partial charge in [-0.05, 0) is 12.8 Å². The third kappa shape index (κ3) is 2.48. The molecule has 1 fully saturated rings. The zero-order valence-electron chi connectivity index (χ0n) is 6.20. The topological polar surface area (TPSA) is 67.2 Å². The Hall–Kier alpha value is -0.600.